The molecule has 0 fully saturated rings. The molecule has 0 aromatic heterocycles. The molecule has 0 saturated carbocycles. The van der Waals surface area contributed by atoms with Crippen LogP contribution in [0.3, 0.4) is 0 Å². The highest BCUT2D eigenvalue weighted by Crippen LogP contribution is 2.24. The smallest absolute Gasteiger partial charge is 0.164 e. The van der Waals surface area contributed by atoms with Crippen molar-refractivity contribution in [1.29, 1.82) is 5.26 Å². The Hall–Kier alpha value is -2.09. The predicted molar refractivity (Wildman–Crippen MR) is 51.0 cm³/mol. The maximum atomic E-state index is 13.5. The molecule has 0 amide bonds. The summed E-state index contributed by atoms with van der Waals surface area (Å²) in [7, 11) is 0. The van der Waals surface area contributed by atoms with Gasteiger partial charge in [-0.25, -0.2) is 8.78 Å². The van der Waals surface area contributed by atoms with Crippen LogP contribution < -0.4 is 0 Å². The van der Waals surface area contributed by atoms with Crippen molar-refractivity contribution in [2.45, 2.75) is 0 Å². The molecule has 0 N–H and O–H groups in total. The van der Waals surface area contributed by atoms with E-state index in [1.54, 1.807) is 6.07 Å². The van der Waals surface area contributed by atoms with Crippen LogP contribution in [0.4, 0.5) is 8.78 Å². The Bertz CT molecular complexity index is 491. The first-order chi connectivity index (χ1) is 7.72. The number of ether oxygens (including phenoxy) is 2. The molecular weight excluding hydrogens is 216 g/mol. The lowest BCUT2D eigenvalue weighted by molar-refractivity contribution is 0.125. The van der Waals surface area contributed by atoms with Crippen LogP contribution in [0.1, 0.15) is 11.1 Å². The second-order valence-corrected chi connectivity index (χ2v) is 3.13. The fourth-order valence-corrected chi connectivity index (χ4v) is 1.33. The molecule has 1 aliphatic rings. The zero-order valence-corrected chi connectivity index (χ0v) is 8.17. The van der Waals surface area contributed by atoms with Crippen molar-refractivity contribution in [2.75, 3.05) is 13.2 Å². The van der Waals surface area contributed by atoms with Crippen molar-refractivity contribution in [3.63, 3.8) is 0 Å². The van der Waals surface area contributed by atoms with Gasteiger partial charge >= 0.3 is 0 Å². The van der Waals surface area contributed by atoms with E-state index >= 15 is 0 Å². The Morgan fingerprint density at radius 2 is 2.00 bits per heavy atom. The van der Waals surface area contributed by atoms with E-state index in [2.05, 4.69) is 0 Å². The lowest BCUT2D eigenvalue weighted by atomic mass is 10.1. The van der Waals surface area contributed by atoms with Crippen LogP contribution in [-0.2, 0) is 9.47 Å². The van der Waals surface area contributed by atoms with E-state index in [0.29, 0.717) is 6.61 Å². The highest BCUT2D eigenvalue weighted by molar-refractivity contribution is 5.61. The van der Waals surface area contributed by atoms with Crippen LogP contribution in [0.5, 0.6) is 0 Å². The first-order valence-corrected chi connectivity index (χ1v) is 4.56. The molecule has 1 aromatic rings. The van der Waals surface area contributed by atoms with Crippen LogP contribution >= 0.6 is 0 Å². The van der Waals surface area contributed by atoms with Crippen molar-refractivity contribution < 1.29 is 18.3 Å². The van der Waals surface area contributed by atoms with E-state index in [4.69, 9.17) is 14.7 Å². The van der Waals surface area contributed by atoms with Gasteiger partial charge in [-0.2, -0.15) is 5.26 Å². The molecule has 0 saturated heterocycles. The van der Waals surface area contributed by atoms with Gasteiger partial charge in [0.25, 0.3) is 0 Å². The quantitative estimate of drug-likeness (QED) is 0.732. The molecule has 0 bridgehead atoms. The maximum Gasteiger partial charge on any atom is 0.164 e. The van der Waals surface area contributed by atoms with Gasteiger partial charge in [0.1, 0.15) is 37.2 Å². The molecule has 0 aliphatic carbocycles. The Morgan fingerprint density at radius 3 is 2.62 bits per heavy atom. The van der Waals surface area contributed by atoms with Gasteiger partial charge in [0.05, 0.1) is 11.1 Å². The van der Waals surface area contributed by atoms with Gasteiger partial charge < -0.3 is 9.47 Å². The molecule has 0 atom stereocenters. The van der Waals surface area contributed by atoms with E-state index in [1.807, 2.05) is 0 Å². The zero-order chi connectivity index (χ0) is 11.5. The van der Waals surface area contributed by atoms with Crippen LogP contribution in [0.15, 0.2) is 18.4 Å². The first-order valence-electron chi connectivity index (χ1n) is 4.56. The minimum Gasteiger partial charge on any atom is -0.494 e. The third kappa shape index (κ3) is 1.82. The number of hydrogen-bond acceptors (Lipinski definition) is 3. The van der Waals surface area contributed by atoms with Gasteiger partial charge in [-0.15, -0.1) is 0 Å². The molecular formula is C11H7F2NO2. The van der Waals surface area contributed by atoms with Gasteiger partial charge in [-0.1, -0.05) is 0 Å². The van der Waals surface area contributed by atoms with Crippen LogP contribution in [-0.4, -0.2) is 13.2 Å². The Labute approximate surface area is 90.5 Å². The van der Waals surface area contributed by atoms with Gasteiger partial charge in [0.2, 0.25) is 0 Å². The lowest BCUT2D eigenvalue weighted by Crippen LogP contribution is -2.09. The third-order valence-electron chi connectivity index (χ3n) is 2.09. The van der Waals surface area contributed by atoms with Crippen LogP contribution in [0.25, 0.3) is 5.76 Å². The molecule has 0 unspecified atom stereocenters. The fourth-order valence-electron chi connectivity index (χ4n) is 1.33. The molecule has 16 heavy (non-hydrogen) atoms. The van der Waals surface area contributed by atoms with E-state index in [1.165, 1.54) is 6.26 Å². The van der Waals surface area contributed by atoms with Crippen LogP contribution in [0.2, 0.25) is 0 Å². The van der Waals surface area contributed by atoms with Gasteiger partial charge in [0, 0.05) is 0 Å². The van der Waals surface area contributed by atoms with Crippen LogP contribution in [0, 0.1) is 23.0 Å². The lowest BCUT2D eigenvalue weighted by Gasteiger charge is -2.16. The van der Waals surface area contributed by atoms with Crippen molar-refractivity contribution in [2.24, 2.45) is 0 Å². The topological polar surface area (TPSA) is 42.2 Å². The van der Waals surface area contributed by atoms with E-state index in [-0.39, 0.29) is 23.5 Å². The summed E-state index contributed by atoms with van der Waals surface area (Å²) in [4.78, 5) is 0. The predicted octanol–water partition coefficient (Wildman–Crippen LogP) is 2.18. The summed E-state index contributed by atoms with van der Waals surface area (Å²) in [5.74, 6) is -1.36. The molecule has 5 heteroatoms. The Kier molecular flexibility index (Phi) is 2.73. The second-order valence-electron chi connectivity index (χ2n) is 3.13. The number of rotatable bonds is 1. The zero-order valence-electron chi connectivity index (χ0n) is 8.17. The Morgan fingerprint density at radius 1 is 1.19 bits per heavy atom. The van der Waals surface area contributed by atoms with Gasteiger partial charge in [-0.05, 0) is 12.1 Å². The minimum absolute atomic E-state index is 0.0452. The summed E-state index contributed by atoms with van der Waals surface area (Å²) in [5.41, 5.74) is -0.380. The van der Waals surface area contributed by atoms with Crippen molar-refractivity contribution in [3.05, 3.63) is 41.2 Å². The first kappa shape index (κ1) is 10.4. The summed E-state index contributed by atoms with van der Waals surface area (Å²) in [6.07, 6.45) is 1.23. The number of benzene rings is 1. The Balaban J connectivity index is 2.46. The van der Waals surface area contributed by atoms with E-state index in [9.17, 15) is 8.78 Å². The average Bonchev–Trinajstić information content (AvgIpc) is 2.32. The summed E-state index contributed by atoms with van der Waals surface area (Å²) < 4.78 is 36.8. The highest BCUT2D eigenvalue weighted by Gasteiger charge is 2.16. The van der Waals surface area contributed by atoms with Gasteiger partial charge in [-0.3, -0.25) is 0 Å². The molecule has 0 spiro atoms. The van der Waals surface area contributed by atoms with E-state index < -0.39 is 11.6 Å². The average molecular weight is 223 g/mol. The van der Waals surface area contributed by atoms with Gasteiger partial charge in [0.15, 0.2) is 5.76 Å². The molecule has 2 rings (SSSR count). The molecule has 1 heterocycles. The summed E-state index contributed by atoms with van der Waals surface area (Å²) in [6, 6.07) is 3.32. The number of halogens is 2. The summed E-state index contributed by atoms with van der Waals surface area (Å²) >= 11 is 0. The number of hydrogen-bond donors (Lipinski definition) is 0. The summed E-state index contributed by atoms with van der Waals surface area (Å²) in [6.45, 7) is 0.663. The summed E-state index contributed by atoms with van der Waals surface area (Å²) in [5, 5.41) is 8.52. The van der Waals surface area contributed by atoms with E-state index in [0.717, 1.165) is 12.1 Å². The SMILES string of the molecule is N#Cc1cc(F)c(C2=COCCO2)cc1F. The van der Waals surface area contributed by atoms with Crippen molar-refractivity contribution in [3.8, 4) is 6.07 Å². The molecule has 1 aromatic carbocycles. The highest BCUT2D eigenvalue weighted by atomic mass is 19.1. The standard InChI is InChI=1S/C11H7F2NO2/c12-9-4-8(10(13)3-7(9)5-14)11-6-15-1-2-16-11/h3-4,6H,1-2H2. The second kappa shape index (κ2) is 4.19. The largest absolute Gasteiger partial charge is 0.494 e. The third-order valence-corrected chi connectivity index (χ3v) is 2.09. The monoisotopic (exact) mass is 223 g/mol. The minimum atomic E-state index is -0.783. The number of nitrogens with zero attached hydrogens (tertiary/aromatic N) is 1. The fraction of sp³-hybridized carbons (Fsp3) is 0.182. The molecule has 3 nitrogen and oxygen atoms in total. The molecule has 1 aliphatic heterocycles. The normalized spacial score (nSPS) is 14.4. The van der Waals surface area contributed by atoms with Crippen molar-refractivity contribution in [1.82, 2.24) is 0 Å². The van der Waals surface area contributed by atoms with Crippen molar-refractivity contribution >= 4 is 5.76 Å². The maximum absolute atomic E-state index is 13.5. The molecule has 0 radical (unpaired) electrons. The number of nitriles is 1. The molecule has 82 valence electrons.